The number of ether oxygens (including phenoxy) is 1. The highest BCUT2D eigenvalue weighted by Crippen LogP contribution is 2.21. The number of methoxy groups -OCH3 is 1. The maximum absolute atomic E-state index is 11.7. The van der Waals surface area contributed by atoms with Gasteiger partial charge in [-0.25, -0.2) is 4.98 Å². The number of thiazole rings is 1. The third kappa shape index (κ3) is 2.69. The number of aryl methyl sites for hydroxylation is 2. The van der Waals surface area contributed by atoms with Gasteiger partial charge in [-0.15, -0.1) is 0 Å². The second-order valence-electron chi connectivity index (χ2n) is 5.07. The molecule has 2 heterocycles. The van der Waals surface area contributed by atoms with E-state index in [1.807, 2.05) is 31.2 Å². The minimum absolute atomic E-state index is 0.0651. The molecule has 0 spiro atoms. The lowest BCUT2D eigenvalue weighted by Crippen LogP contribution is -2.06. The summed E-state index contributed by atoms with van der Waals surface area (Å²) < 4.78 is 7.79. The number of nitrogens with zero attached hydrogens (tertiary/aromatic N) is 2. The summed E-state index contributed by atoms with van der Waals surface area (Å²) in [7, 11) is 3.40. The zero-order valence-electron chi connectivity index (χ0n) is 12.7. The van der Waals surface area contributed by atoms with E-state index in [1.165, 1.54) is 11.3 Å². The van der Waals surface area contributed by atoms with Crippen LogP contribution in [-0.4, -0.2) is 16.7 Å². The van der Waals surface area contributed by atoms with Gasteiger partial charge in [0, 0.05) is 19.7 Å². The Kier molecular flexibility index (Phi) is 3.85. The van der Waals surface area contributed by atoms with Gasteiger partial charge < -0.3 is 14.6 Å². The van der Waals surface area contributed by atoms with Crippen molar-refractivity contribution in [2.24, 2.45) is 7.05 Å². The van der Waals surface area contributed by atoms with Crippen LogP contribution in [0.2, 0.25) is 0 Å². The number of hydrogen-bond donors (Lipinski definition) is 1. The fourth-order valence-corrected chi connectivity index (χ4v) is 3.27. The van der Waals surface area contributed by atoms with Crippen LogP contribution in [0, 0.1) is 6.92 Å². The van der Waals surface area contributed by atoms with Gasteiger partial charge >= 0.3 is 4.87 Å². The van der Waals surface area contributed by atoms with Crippen LogP contribution in [0.1, 0.15) is 11.3 Å². The highest BCUT2D eigenvalue weighted by atomic mass is 32.1. The van der Waals surface area contributed by atoms with Crippen molar-refractivity contribution in [3.05, 3.63) is 51.3 Å². The molecule has 2 aromatic heterocycles. The number of fused-ring (bicyclic) bond motifs is 1. The first-order valence-corrected chi connectivity index (χ1v) is 7.74. The molecule has 0 bridgehead atoms. The van der Waals surface area contributed by atoms with Crippen LogP contribution in [0.4, 0.5) is 5.69 Å². The van der Waals surface area contributed by atoms with Gasteiger partial charge in [0.2, 0.25) is 5.88 Å². The van der Waals surface area contributed by atoms with E-state index in [1.54, 1.807) is 18.7 Å². The lowest BCUT2D eigenvalue weighted by Gasteiger charge is -2.10. The standard InChI is InChI=1S/C16H17N3O2S/c1-10-12(5-7-15(18-10)21-3)17-9-11-4-6-13-14(8-11)22-16(20)19(13)2/h4-8,17H,9H2,1-3H3. The van der Waals surface area contributed by atoms with Crippen molar-refractivity contribution in [1.82, 2.24) is 9.55 Å². The summed E-state index contributed by atoms with van der Waals surface area (Å²) in [5.74, 6) is 0.610. The molecule has 3 aromatic rings. The molecule has 0 amide bonds. The largest absolute Gasteiger partial charge is 0.481 e. The lowest BCUT2D eigenvalue weighted by molar-refractivity contribution is 0.397. The van der Waals surface area contributed by atoms with Crippen LogP contribution in [0.5, 0.6) is 5.88 Å². The Labute approximate surface area is 132 Å². The topological polar surface area (TPSA) is 56.1 Å². The van der Waals surface area contributed by atoms with Gasteiger partial charge in [-0.1, -0.05) is 17.4 Å². The Balaban J connectivity index is 1.80. The van der Waals surface area contributed by atoms with Crippen molar-refractivity contribution in [2.75, 3.05) is 12.4 Å². The summed E-state index contributed by atoms with van der Waals surface area (Å²) >= 11 is 1.27. The van der Waals surface area contributed by atoms with E-state index in [2.05, 4.69) is 16.4 Å². The van der Waals surface area contributed by atoms with Crippen molar-refractivity contribution in [2.45, 2.75) is 13.5 Å². The van der Waals surface area contributed by atoms with Gasteiger partial charge in [0.25, 0.3) is 0 Å². The first-order chi connectivity index (χ1) is 10.6. The minimum Gasteiger partial charge on any atom is -0.481 e. The molecule has 0 saturated heterocycles. The third-order valence-corrected chi connectivity index (χ3v) is 4.60. The molecular formula is C16H17N3O2S. The summed E-state index contributed by atoms with van der Waals surface area (Å²) in [6, 6.07) is 9.87. The van der Waals surface area contributed by atoms with Gasteiger partial charge in [0.1, 0.15) is 0 Å². The molecule has 0 saturated carbocycles. The average molecular weight is 315 g/mol. The number of anilines is 1. The third-order valence-electron chi connectivity index (χ3n) is 3.61. The molecule has 1 aromatic carbocycles. The lowest BCUT2D eigenvalue weighted by atomic mass is 10.2. The number of pyridine rings is 1. The van der Waals surface area contributed by atoms with Crippen LogP contribution in [-0.2, 0) is 13.6 Å². The summed E-state index contributed by atoms with van der Waals surface area (Å²) in [6.45, 7) is 2.62. The van der Waals surface area contributed by atoms with Crippen LogP contribution < -0.4 is 14.9 Å². The molecule has 0 radical (unpaired) electrons. The van der Waals surface area contributed by atoms with Gasteiger partial charge in [-0.2, -0.15) is 0 Å². The van der Waals surface area contributed by atoms with E-state index in [0.717, 1.165) is 27.2 Å². The predicted octanol–water partition coefficient (Wildman–Crippen LogP) is 2.92. The van der Waals surface area contributed by atoms with E-state index in [4.69, 9.17) is 4.74 Å². The van der Waals surface area contributed by atoms with E-state index in [9.17, 15) is 4.79 Å². The molecule has 0 unspecified atom stereocenters. The summed E-state index contributed by atoms with van der Waals surface area (Å²) in [5, 5.41) is 3.37. The fraction of sp³-hybridized carbons (Fsp3) is 0.250. The zero-order chi connectivity index (χ0) is 15.7. The van der Waals surface area contributed by atoms with Crippen molar-refractivity contribution in [3.8, 4) is 5.88 Å². The van der Waals surface area contributed by atoms with Crippen LogP contribution in [0.3, 0.4) is 0 Å². The molecule has 0 aliphatic rings. The molecule has 0 aliphatic heterocycles. The molecule has 1 N–H and O–H groups in total. The highest BCUT2D eigenvalue weighted by molar-refractivity contribution is 7.16. The number of nitrogens with one attached hydrogen (secondary N) is 1. The summed E-state index contributed by atoms with van der Waals surface area (Å²) in [4.78, 5) is 16.1. The van der Waals surface area contributed by atoms with Gasteiger partial charge in [0.15, 0.2) is 0 Å². The average Bonchev–Trinajstić information content (AvgIpc) is 2.80. The predicted molar refractivity (Wildman–Crippen MR) is 89.9 cm³/mol. The fourth-order valence-electron chi connectivity index (χ4n) is 2.32. The molecular weight excluding hydrogens is 298 g/mol. The monoisotopic (exact) mass is 315 g/mol. The van der Waals surface area contributed by atoms with E-state index >= 15 is 0 Å². The molecule has 22 heavy (non-hydrogen) atoms. The van der Waals surface area contributed by atoms with Crippen molar-refractivity contribution >= 4 is 27.2 Å². The Bertz CT molecular complexity index is 883. The van der Waals surface area contributed by atoms with Crippen molar-refractivity contribution in [3.63, 3.8) is 0 Å². The van der Waals surface area contributed by atoms with E-state index < -0.39 is 0 Å². The second-order valence-corrected chi connectivity index (χ2v) is 6.06. The smallest absolute Gasteiger partial charge is 0.307 e. The number of hydrogen-bond acceptors (Lipinski definition) is 5. The van der Waals surface area contributed by atoms with Gasteiger partial charge in [-0.3, -0.25) is 4.79 Å². The van der Waals surface area contributed by atoms with E-state index in [0.29, 0.717) is 12.4 Å². The molecule has 5 nitrogen and oxygen atoms in total. The summed E-state index contributed by atoms with van der Waals surface area (Å²) in [6.07, 6.45) is 0. The molecule has 0 aliphatic carbocycles. The van der Waals surface area contributed by atoms with Gasteiger partial charge in [-0.05, 0) is 30.7 Å². The SMILES string of the molecule is COc1ccc(NCc2ccc3c(c2)sc(=O)n3C)c(C)n1. The number of benzene rings is 1. The Morgan fingerprint density at radius 3 is 2.86 bits per heavy atom. The van der Waals surface area contributed by atoms with Gasteiger partial charge in [0.05, 0.1) is 28.7 Å². The first-order valence-electron chi connectivity index (χ1n) is 6.92. The first kappa shape index (κ1) is 14.6. The Morgan fingerprint density at radius 1 is 1.32 bits per heavy atom. The highest BCUT2D eigenvalue weighted by Gasteiger charge is 2.06. The Morgan fingerprint density at radius 2 is 2.14 bits per heavy atom. The molecule has 0 fully saturated rings. The van der Waals surface area contributed by atoms with Crippen molar-refractivity contribution < 1.29 is 4.74 Å². The minimum atomic E-state index is 0.0651. The number of aromatic nitrogens is 2. The second kappa shape index (κ2) is 5.81. The maximum Gasteiger partial charge on any atom is 0.307 e. The molecule has 114 valence electrons. The van der Waals surface area contributed by atoms with Crippen LogP contribution >= 0.6 is 11.3 Å². The van der Waals surface area contributed by atoms with E-state index in [-0.39, 0.29) is 4.87 Å². The molecule has 6 heteroatoms. The normalized spacial score (nSPS) is 10.9. The number of rotatable bonds is 4. The Hall–Kier alpha value is -2.34. The quantitative estimate of drug-likeness (QED) is 0.804. The molecule has 0 atom stereocenters. The zero-order valence-corrected chi connectivity index (χ0v) is 13.5. The van der Waals surface area contributed by atoms with Crippen LogP contribution in [0.25, 0.3) is 10.2 Å². The molecule has 3 rings (SSSR count). The maximum atomic E-state index is 11.7. The van der Waals surface area contributed by atoms with Crippen LogP contribution in [0.15, 0.2) is 35.1 Å². The summed E-state index contributed by atoms with van der Waals surface area (Å²) in [5.41, 5.74) is 3.97. The van der Waals surface area contributed by atoms with Crippen molar-refractivity contribution in [1.29, 1.82) is 0 Å².